The van der Waals surface area contributed by atoms with Gasteiger partial charge in [0.25, 0.3) is 0 Å². The van der Waals surface area contributed by atoms with Gasteiger partial charge in [-0.25, -0.2) is 0 Å². The second-order valence-electron chi connectivity index (χ2n) is 4.49. The normalized spacial score (nSPS) is 17.8. The van der Waals surface area contributed by atoms with Crippen molar-refractivity contribution in [2.24, 2.45) is 0 Å². The van der Waals surface area contributed by atoms with E-state index in [1.165, 1.54) is 17.4 Å². The predicted molar refractivity (Wildman–Crippen MR) is 72.9 cm³/mol. The fourth-order valence-corrected chi connectivity index (χ4v) is 2.84. The molecule has 97 valence electrons. The van der Waals surface area contributed by atoms with Crippen molar-refractivity contribution in [3.63, 3.8) is 0 Å². The van der Waals surface area contributed by atoms with Gasteiger partial charge in [-0.1, -0.05) is 31.4 Å². The van der Waals surface area contributed by atoms with Gasteiger partial charge in [-0.15, -0.1) is 5.98 Å². The second kappa shape index (κ2) is 9.81. The Bertz CT molecular complexity index is 469. The molecule has 0 saturated heterocycles. The molecule has 3 rings (SSSR count). The first-order valence-corrected chi connectivity index (χ1v) is 7.51. The van der Waals surface area contributed by atoms with Gasteiger partial charge in [0.1, 0.15) is 0 Å². The minimum absolute atomic E-state index is 0. The summed E-state index contributed by atoms with van der Waals surface area (Å²) in [7, 11) is 0. The first kappa shape index (κ1) is 19.0. The molecular weight excluding hydrogens is 353 g/mol. The first-order chi connectivity index (χ1) is 8.27. The third-order valence-corrected chi connectivity index (χ3v) is 4.23. The van der Waals surface area contributed by atoms with Crippen LogP contribution in [0.5, 0.6) is 0 Å². The molecular formula is C15H16BCl2Zr. The number of hydrogen-bond acceptors (Lipinski definition) is 0. The molecule has 0 aromatic heterocycles. The molecule has 0 saturated carbocycles. The van der Waals surface area contributed by atoms with E-state index in [-0.39, 0.29) is 24.8 Å². The van der Waals surface area contributed by atoms with Gasteiger partial charge >= 0.3 is 75.9 Å². The zero-order chi connectivity index (χ0) is 12.1. The van der Waals surface area contributed by atoms with Crippen molar-refractivity contribution >= 4 is 12.8 Å². The number of fused-ring (bicyclic) bond motifs is 1. The predicted octanol–water partition coefficient (Wildman–Crippen LogP) is -1.91. The van der Waals surface area contributed by atoms with E-state index in [1.54, 1.807) is 24.7 Å². The summed E-state index contributed by atoms with van der Waals surface area (Å²) in [6.07, 6.45) is 12.1. The zero-order valence-electron chi connectivity index (χ0n) is 10.9. The van der Waals surface area contributed by atoms with Crippen molar-refractivity contribution < 1.29 is 49.5 Å². The molecule has 0 radical (unpaired) electrons. The Labute approximate surface area is 144 Å². The van der Waals surface area contributed by atoms with Gasteiger partial charge < -0.3 is 24.8 Å². The van der Waals surface area contributed by atoms with Gasteiger partial charge in [0.2, 0.25) is 0 Å². The van der Waals surface area contributed by atoms with Crippen LogP contribution >= 0.6 is 0 Å². The van der Waals surface area contributed by atoms with Gasteiger partial charge in [0, 0.05) is 0 Å². The van der Waals surface area contributed by atoms with Gasteiger partial charge in [0.05, 0.1) is 0 Å². The van der Waals surface area contributed by atoms with Crippen LogP contribution in [0.3, 0.4) is 0 Å². The molecule has 0 nitrogen and oxygen atoms in total. The third-order valence-electron chi connectivity index (χ3n) is 2.99. The number of benzene rings is 1. The molecule has 19 heavy (non-hydrogen) atoms. The van der Waals surface area contributed by atoms with Crippen LogP contribution in [0.15, 0.2) is 54.5 Å². The van der Waals surface area contributed by atoms with Crippen LogP contribution in [0.1, 0.15) is 14.8 Å². The van der Waals surface area contributed by atoms with E-state index in [0.29, 0.717) is 3.63 Å². The summed E-state index contributed by atoms with van der Waals surface area (Å²) in [5.74, 6) is 2.22. The molecule has 0 amide bonds. The summed E-state index contributed by atoms with van der Waals surface area (Å²) in [5, 5.41) is 0. The van der Waals surface area contributed by atoms with E-state index in [4.69, 9.17) is 0 Å². The molecule has 1 atom stereocenters. The van der Waals surface area contributed by atoms with Gasteiger partial charge in [-0.05, 0) is 0 Å². The molecule has 1 aliphatic carbocycles. The number of allylic oxidation sites excluding steroid dienone is 4. The summed E-state index contributed by atoms with van der Waals surface area (Å²) in [6, 6.07) is 8.60. The maximum atomic E-state index is 2.28. The number of halogens is 2. The Hall–Kier alpha value is -0.0319. The maximum absolute atomic E-state index is 2.28. The molecule has 1 aromatic carbocycles. The Morgan fingerprint density at radius 1 is 1.16 bits per heavy atom. The third kappa shape index (κ3) is 5.86. The van der Waals surface area contributed by atoms with Gasteiger partial charge in [0.15, 0.2) is 6.71 Å². The molecule has 0 N–H and O–H groups in total. The zero-order valence-corrected chi connectivity index (χ0v) is 14.9. The fraction of sp³-hybridized carbons (Fsp3) is 0.200. The number of hydrogen-bond donors (Lipinski definition) is 0. The Kier molecular flexibility index (Phi) is 9.79. The SMILES string of the molecule is CB1C=CC=CC1.[Cl-].[Cl-].[Zr+2][CH]1C=Cc2ccccc21. The molecule has 1 aliphatic heterocycles. The van der Waals surface area contributed by atoms with Crippen LogP contribution in [0.25, 0.3) is 6.08 Å². The summed E-state index contributed by atoms with van der Waals surface area (Å²) < 4.78 is 0.711. The van der Waals surface area contributed by atoms with Crippen molar-refractivity contribution in [2.45, 2.75) is 16.8 Å². The summed E-state index contributed by atoms with van der Waals surface area (Å²) in [6.45, 7) is 2.99. The van der Waals surface area contributed by atoms with E-state index < -0.39 is 0 Å². The summed E-state index contributed by atoms with van der Waals surface area (Å²) in [4.78, 5) is 0. The summed E-state index contributed by atoms with van der Waals surface area (Å²) >= 11 is 1.59. The monoisotopic (exact) mass is 367 g/mol. The Morgan fingerprint density at radius 2 is 1.89 bits per heavy atom. The Balaban J connectivity index is 0.000000325. The van der Waals surface area contributed by atoms with Crippen LogP contribution in [-0.4, -0.2) is 6.71 Å². The molecule has 1 heterocycles. The molecule has 1 unspecified atom stereocenters. The van der Waals surface area contributed by atoms with E-state index in [0.717, 1.165) is 6.71 Å². The van der Waals surface area contributed by atoms with Crippen molar-refractivity contribution in [2.75, 3.05) is 0 Å². The Morgan fingerprint density at radius 3 is 2.42 bits per heavy atom. The van der Waals surface area contributed by atoms with Crippen molar-refractivity contribution in [1.29, 1.82) is 0 Å². The van der Waals surface area contributed by atoms with Gasteiger partial charge in [-0.2, -0.15) is 0 Å². The van der Waals surface area contributed by atoms with Crippen molar-refractivity contribution in [3.05, 3.63) is 65.7 Å². The first-order valence-electron chi connectivity index (χ1n) is 6.09. The van der Waals surface area contributed by atoms with E-state index in [2.05, 4.69) is 67.4 Å². The standard InChI is InChI=1S/C9H7.C6H9B.2ClH.Zr/c1-2-5-9-7-3-6-8(9)4-1;1-7-5-3-2-4-6-7;;;/h1-7H;2-5H,6H2,1H3;2*1H;/q;;;;+2/p-2. The molecule has 0 spiro atoms. The molecule has 2 aliphatic rings. The second-order valence-corrected chi connectivity index (χ2v) is 6.02. The average molecular weight is 369 g/mol. The summed E-state index contributed by atoms with van der Waals surface area (Å²) in [5.41, 5.74) is 2.91. The van der Waals surface area contributed by atoms with E-state index in [9.17, 15) is 0 Å². The van der Waals surface area contributed by atoms with Crippen molar-refractivity contribution in [1.82, 2.24) is 0 Å². The van der Waals surface area contributed by atoms with E-state index in [1.807, 2.05) is 0 Å². The van der Waals surface area contributed by atoms with E-state index >= 15 is 0 Å². The molecule has 0 fully saturated rings. The fourth-order valence-electron chi connectivity index (χ4n) is 1.95. The quantitative estimate of drug-likeness (QED) is 0.468. The average Bonchev–Trinajstić information content (AvgIpc) is 2.74. The number of rotatable bonds is 0. The van der Waals surface area contributed by atoms with Crippen molar-refractivity contribution in [3.8, 4) is 0 Å². The molecule has 4 heteroatoms. The van der Waals surface area contributed by atoms with Crippen LogP contribution in [0, 0.1) is 0 Å². The van der Waals surface area contributed by atoms with Crippen LogP contribution < -0.4 is 24.8 Å². The van der Waals surface area contributed by atoms with Crippen LogP contribution in [0.2, 0.25) is 13.1 Å². The molecule has 1 aromatic rings. The van der Waals surface area contributed by atoms with Crippen LogP contribution in [0.4, 0.5) is 0 Å². The minimum atomic E-state index is 0. The van der Waals surface area contributed by atoms with Gasteiger partial charge in [-0.3, -0.25) is 0 Å². The van der Waals surface area contributed by atoms with Crippen LogP contribution in [-0.2, 0) is 24.7 Å². The topological polar surface area (TPSA) is 0 Å². The molecule has 0 bridgehead atoms.